The molecule has 0 aliphatic heterocycles. The maximum Gasteiger partial charge on any atom is 0.331 e. The zero-order valence-corrected chi connectivity index (χ0v) is 7.30. The molecule has 0 amide bonds. The van der Waals surface area contributed by atoms with Gasteiger partial charge in [-0.25, -0.2) is 13.6 Å². The SMILES string of the molecule is C/C(=C\C(=O)OC(C)C)C(F)F. The van der Waals surface area contributed by atoms with Crippen molar-refractivity contribution in [1.29, 1.82) is 0 Å². The third-order valence-electron chi connectivity index (χ3n) is 1.04. The summed E-state index contributed by atoms with van der Waals surface area (Å²) in [5.41, 5.74) is -0.277. The molecule has 4 heteroatoms. The van der Waals surface area contributed by atoms with Gasteiger partial charge < -0.3 is 4.74 Å². The van der Waals surface area contributed by atoms with Crippen LogP contribution in [0, 0.1) is 0 Å². The van der Waals surface area contributed by atoms with Crippen LogP contribution in [0.25, 0.3) is 0 Å². The van der Waals surface area contributed by atoms with Gasteiger partial charge in [-0.15, -0.1) is 0 Å². The maximum atomic E-state index is 11.9. The predicted octanol–water partition coefficient (Wildman–Crippen LogP) is 2.15. The summed E-state index contributed by atoms with van der Waals surface area (Å²) in [5, 5.41) is 0. The van der Waals surface area contributed by atoms with E-state index in [1.54, 1.807) is 13.8 Å². The van der Waals surface area contributed by atoms with Crippen molar-refractivity contribution in [2.24, 2.45) is 0 Å². The van der Waals surface area contributed by atoms with Gasteiger partial charge in [0.25, 0.3) is 6.43 Å². The second kappa shape index (κ2) is 4.85. The fourth-order valence-corrected chi connectivity index (χ4v) is 0.515. The first-order valence-corrected chi connectivity index (χ1v) is 3.60. The molecule has 0 radical (unpaired) electrons. The highest BCUT2D eigenvalue weighted by atomic mass is 19.3. The molecule has 0 unspecified atom stereocenters. The minimum absolute atomic E-state index is 0.277. The van der Waals surface area contributed by atoms with Gasteiger partial charge in [-0.2, -0.15) is 0 Å². The quantitative estimate of drug-likeness (QED) is 0.489. The zero-order chi connectivity index (χ0) is 9.72. The Morgan fingerprint density at radius 2 is 1.92 bits per heavy atom. The summed E-state index contributed by atoms with van der Waals surface area (Å²) in [5.74, 6) is -0.720. The van der Waals surface area contributed by atoms with Crippen LogP contribution in [-0.2, 0) is 9.53 Å². The Morgan fingerprint density at radius 3 is 2.25 bits per heavy atom. The lowest BCUT2D eigenvalue weighted by molar-refractivity contribution is -0.141. The van der Waals surface area contributed by atoms with Crippen LogP contribution >= 0.6 is 0 Å². The van der Waals surface area contributed by atoms with Gasteiger partial charge >= 0.3 is 5.97 Å². The Balaban J connectivity index is 4.06. The number of alkyl halides is 2. The van der Waals surface area contributed by atoms with Gasteiger partial charge in [0.1, 0.15) is 0 Å². The number of rotatable bonds is 3. The first-order valence-electron chi connectivity index (χ1n) is 3.60. The topological polar surface area (TPSA) is 26.3 Å². The first-order chi connectivity index (χ1) is 5.43. The van der Waals surface area contributed by atoms with Crippen LogP contribution in [-0.4, -0.2) is 18.5 Å². The summed E-state index contributed by atoms with van der Waals surface area (Å²) in [6, 6.07) is 0. The zero-order valence-electron chi connectivity index (χ0n) is 7.30. The van der Waals surface area contributed by atoms with E-state index in [-0.39, 0.29) is 11.7 Å². The van der Waals surface area contributed by atoms with Crippen molar-refractivity contribution in [1.82, 2.24) is 0 Å². The summed E-state index contributed by atoms with van der Waals surface area (Å²) >= 11 is 0. The standard InChI is InChI=1S/C8H12F2O2/c1-5(2)12-7(11)4-6(3)8(9)10/h4-5,8H,1-3H3/b6-4+. The van der Waals surface area contributed by atoms with E-state index in [0.29, 0.717) is 0 Å². The number of halogens is 2. The third-order valence-corrected chi connectivity index (χ3v) is 1.04. The van der Waals surface area contributed by atoms with E-state index in [4.69, 9.17) is 0 Å². The molecule has 0 atom stereocenters. The normalized spacial score (nSPS) is 12.4. The average Bonchev–Trinajstić information content (AvgIpc) is 1.84. The molecule has 0 N–H and O–H groups in total. The van der Waals surface area contributed by atoms with Crippen molar-refractivity contribution in [2.45, 2.75) is 33.3 Å². The highest BCUT2D eigenvalue weighted by molar-refractivity contribution is 5.82. The van der Waals surface area contributed by atoms with Gasteiger partial charge in [0, 0.05) is 6.08 Å². The minimum Gasteiger partial charge on any atom is -0.460 e. The summed E-state index contributed by atoms with van der Waals surface area (Å²) in [6.45, 7) is 4.50. The fraction of sp³-hybridized carbons (Fsp3) is 0.625. The molecule has 0 saturated carbocycles. The maximum absolute atomic E-state index is 11.9. The van der Waals surface area contributed by atoms with Crippen LogP contribution in [0.2, 0.25) is 0 Å². The first kappa shape index (κ1) is 11.1. The smallest absolute Gasteiger partial charge is 0.331 e. The van der Waals surface area contributed by atoms with Gasteiger partial charge in [-0.05, 0) is 26.3 Å². The second-order valence-electron chi connectivity index (χ2n) is 2.67. The lowest BCUT2D eigenvalue weighted by Crippen LogP contribution is -2.10. The highest BCUT2D eigenvalue weighted by Crippen LogP contribution is 2.07. The summed E-state index contributed by atoms with van der Waals surface area (Å²) in [6.07, 6.45) is -2.06. The molecule has 0 aromatic rings. The Kier molecular flexibility index (Phi) is 4.47. The van der Waals surface area contributed by atoms with E-state index < -0.39 is 12.4 Å². The predicted molar refractivity (Wildman–Crippen MR) is 41.0 cm³/mol. The number of carbonyl (C=O) groups excluding carboxylic acids is 1. The van der Waals surface area contributed by atoms with Crippen LogP contribution in [0.4, 0.5) is 8.78 Å². The van der Waals surface area contributed by atoms with Crippen LogP contribution in [0.1, 0.15) is 20.8 Å². The molecular weight excluding hydrogens is 166 g/mol. The highest BCUT2D eigenvalue weighted by Gasteiger charge is 2.08. The fourth-order valence-electron chi connectivity index (χ4n) is 0.515. The molecule has 0 aliphatic rings. The van der Waals surface area contributed by atoms with E-state index in [9.17, 15) is 13.6 Å². The average molecular weight is 178 g/mol. The Morgan fingerprint density at radius 1 is 1.42 bits per heavy atom. The number of ether oxygens (including phenoxy) is 1. The molecule has 0 heterocycles. The van der Waals surface area contributed by atoms with E-state index in [0.717, 1.165) is 6.08 Å². The Labute approximate surface area is 70.2 Å². The summed E-state index contributed by atoms with van der Waals surface area (Å²) in [7, 11) is 0. The van der Waals surface area contributed by atoms with E-state index in [1.807, 2.05) is 0 Å². The van der Waals surface area contributed by atoms with Gasteiger partial charge in [0.05, 0.1) is 6.10 Å². The van der Waals surface area contributed by atoms with Crippen LogP contribution in [0.15, 0.2) is 11.6 Å². The number of carbonyl (C=O) groups is 1. The molecule has 0 aromatic heterocycles. The molecule has 12 heavy (non-hydrogen) atoms. The molecule has 0 aliphatic carbocycles. The second-order valence-corrected chi connectivity index (χ2v) is 2.67. The Hall–Kier alpha value is -0.930. The van der Waals surface area contributed by atoms with Gasteiger partial charge in [-0.3, -0.25) is 0 Å². The number of allylic oxidation sites excluding steroid dienone is 1. The number of esters is 1. The molecule has 0 aromatic carbocycles. The van der Waals surface area contributed by atoms with Crippen LogP contribution in [0.3, 0.4) is 0 Å². The molecule has 0 rings (SSSR count). The van der Waals surface area contributed by atoms with Gasteiger partial charge in [0.2, 0.25) is 0 Å². The molecule has 0 bridgehead atoms. The molecule has 70 valence electrons. The van der Waals surface area contributed by atoms with E-state index in [2.05, 4.69) is 4.74 Å². The molecule has 0 fully saturated rings. The van der Waals surface area contributed by atoms with Crippen molar-refractivity contribution in [2.75, 3.05) is 0 Å². The van der Waals surface area contributed by atoms with Gasteiger partial charge in [-0.1, -0.05) is 0 Å². The van der Waals surface area contributed by atoms with Crippen LogP contribution < -0.4 is 0 Å². The van der Waals surface area contributed by atoms with Crippen molar-refractivity contribution < 1.29 is 18.3 Å². The third kappa shape index (κ3) is 4.82. The van der Waals surface area contributed by atoms with Crippen molar-refractivity contribution in [3.63, 3.8) is 0 Å². The Bertz CT molecular complexity index is 185. The lowest BCUT2D eigenvalue weighted by Gasteiger charge is -2.05. The van der Waals surface area contributed by atoms with Crippen LogP contribution in [0.5, 0.6) is 0 Å². The van der Waals surface area contributed by atoms with Crippen molar-refractivity contribution in [3.05, 3.63) is 11.6 Å². The van der Waals surface area contributed by atoms with Crippen molar-refractivity contribution in [3.8, 4) is 0 Å². The van der Waals surface area contributed by atoms with Gasteiger partial charge in [0.15, 0.2) is 0 Å². The number of hydrogen-bond acceptors (Lipinski definition) is 2. The summed E-state index contributed by atoms with van der Waals surface area (Å²) in [4.78, 5) is 10.7. The number of hydrogen-bond donors (Lipinski definition) is 0. The van der Waals surface area contributed by atoms with E-state index >= 15 is 0 Å². The largest absolute Gasteiger partial charge is 0.460 e. The minimum atomic E-state index is -2.59. The molecule has 0 spiro atoms. The summed E-state index contributed by atoms with van der Waals surface area (Å²) < 4.78 is 28.3. The molecule has 0 saturated heterocycles. The lowest BCUT2D eigenvalue weighted by atomic mass is 10.3. The molecular formula is C8H12F2O2. The van der Waals surface area contributed by atoms with E-state index in [1.165, 1.54) is 6.92 Å². The molecule has 2 nitrogen and oxygen atoms in total. The monoisotopic (exact) mass is 178 g/mol. The van der Waals surface area contributed by atoms with Crippen molar-refractivity contribution >= 4 is 5.97 Å².